The van der Waals surface area contributed by atoms with Gasteiger partial charge in [-0.2, -0.15) is 0 Å². The van der Waals surface area contributed by atoms with Crippen LogP contribution in [0.5, 0.6) is 5.75 Å². The molecule has 0 aliphatic carbocycles. The SMILES string of the molecule is CC(C)OP(=S)(OC(C)C)SCc1ccccc1O. The number of hydrogen-bond acceptors (Lipinski definition) is 5. The molecule has 0 aliphatic rings. The predicted molar refractivity (Wildman–Crippen MR) is 86.1 cm³/mol. The highest BCUT2D eigenvalue weighted by atomic mass is 32.9. The first-order valence-electron chi connectivity index (χ1n) is 6.20. The van der Waals surface area contributed by atoms with E-state index in [9.17, 15) is 5.11 Å². The third-order valence-corrected chi connectivity index (χ3v) is 7.48. The zero-order chi connectivity index (χ0) is 14.5. The Morgan fingerprint density at radius 2 is 1.68 bits per heavy atom. The summed E-state index contributed by atoms with van der Waals surface area (Å²) < 4.78 is 11.6. The molecule has 0 radical (unpaired) electrons. The number of rotatable bonds is 7. The number of phenols is 1. The lowest BCUT2D eigenvalue weighted by Gasteiger charge is -2.25. The summed E-state index contributed by atoms with van der Waals surface area (Å²) in [6.07, 6.45) is 0.0582. The maximum absolute atomic E-state index is 9.75. The normalized spacial score (nSPS) is 12.3. The summed E-state index contributed by atoms with van der Waals surface area (Å²) in [5.41, 5.74) is -1.53. The second kappa shape index (κ2) is 7.65. The molecule has 0 aliphatic heterocycles. The molecule has 1 rings (SSSR count). The summed E-state index contributed by atoms with van der Waals surface area (Å²) in [6, 6.07) is 7.25. The van der Waals surface area contributed by atoms with Crippen LogP contribution in [0.25, 0.3) is 0 Å². The van der Waals surface area contributed by atoms with Crippen LogP contribution < -0.4 is 0 Å². The van der Waals surface area contributed by atoms with Crippen LogP contribution in [-0.4, -0.2) is 17.3 Å². The van der Waals surface area contributed by atoms with Crippen molar-refractivity contribution < 1.29 is 14.2 Å². The van der Waals surface area contributed by atoms with E-state index in [-0.39, 0.29) is 18.0 Å². The third-order valence-electron chi connectivity index (χ3n) is 2.05. The highest BCUT2D eigenvalue weighted by Crippen LogP contribution is 2.63. The third kappa shape index (κ3) is 6.28. The van der Waals surface area contributed by atoms with E-state index in [1.165, 1.54) is 11.4 Å². The van der Waals surface area contributed by atoms with Crippen molar-refractivity contribution in [3.05, 3.63) is 29.8 Å². The molecule has 6 heteroatoms. The Balaban J connectivity index is 2.73. The van der Waals surface area contributed by atoms with Crippen LogP contribution in [0.15, 0.2) is 24.3 Å². The minimum absolute atomic E-state index is 0.0291. The molecule has 19 heavy (non-hydrogen) atoms. The Morgan fingerprint density at radius 3 is 2.16 bits per heavy atom. The van der Waals surface area contributed by atoms with E-state index in [1.807, 2.05) is 39.8 Å². The average Bonchev–Trinajstić information content (AvgIpc) is 2.25. The van der Waals surface area contributed by atoms with Gasteiger partial charge in [0.2, 0.25) is 5.69 Å². The Morgan fingerprint density at radius 1 is 1.16 bits per heavy atom. The molecule has 108 valence electrons. The molecular formula is C13H21O3PS2. The van der Waals surface area contributed by atoms with Gasteiger partial charge >= 0.3 is 0 Å². The summed E-state index contributed by atoms with van der Waals surface area (Å²) in [5.74, 6) is 0.870. The minimum atomic E-state index is -2.38. The van der Waals surface area contributed by atoms with Gasteiger partial charge in [-0.25, -0.2) is 0 Å². The van der Waals surface area contributed by atoms with Crippen LogP contribution in [0.1, 0.15) is 33.3 Å². The van der Waals surface area contributed by atoms with Gasteiger partial charge in [0.05, 0.1) is 12.2 Å². The molecule has 0 fully saturated rings. The fourth-order valence-corrected chi connectivity index (χ4v) is 6.93. The molecule has 0 bridgehead atoms. The van der Waals surface area contributed by atoms with E-state index < -0.39 is 5.69 Å². The number of para-hydroxylation sites is 1. The summed E-state index contributed by atoms with van der Waals surface area (Å²) in [7, 11) is 0. The monoisotopic (exact) mass is 320 g/mol. The molecule has 1 aromatic rings. The number of benzene rings is 1. The van der Waals surface area contributed by atoms with Gasteiger partial charge in [-0.15, -0.1) is 0 Å². The molecule has 0 heterocycles. The zero-order valence-electron chi connectivity index (χ0n) is 11.7. The maximum Gasteiger partial charge on any atom is 0.248 e. The average molecular weight is 320 g/mol. The van der Waals surface area contributed by atoms with Crippen molar-refractivity contribution in [1.82, 2.24) is 0 Å². The highest BCUT2D eigenvalue weighted by molar-refractivity contribution is 8.67. The Hall–Kier alpha value is -0.0600. The van der Waals surface area contributed by atoms with Crippen molar-refractivity contribution in [2.75, 3.05) is 0 Å². The van der Waals surface area contributed by atoms with Gasteiger partial charge in [-0.05, 0) is 45.6 Å². The van der Waals surface area contributed by atoms with Crippen LogP contribution in [0.2, 0.25) is 0 Å². The summed E-state index contributed by atoms with van der Waals surface area (Å²) in [4.78, 5) is 0. The molecule has 0 spiro atoms. The molecule has 0 aromatic heterocycles. The van der Waals surface area contributed by atoms with Crippen molar-refractivity contribution in [1.29, 1.82) is 0 Å². The maximum atomic E-state index is 9.75. The Bertz CT molecular complexity index is 435. The molecule has 1 aromatic carbocycles. The second-order valence-corrected chi connectivity index (χ2v) is 10.9. The quantitative estimate of drug-likeness (QED) is 0.737. The smallest absolute Gasteiger partial charge is 0.248 e. The lowest BCUT2D eigenvalue weighted by atomic mass is 10.2. The van der Waals surface area contributed by atoms with E-state index in [0.717, 1.165) is 5.56 Å². The van der Waals surface area contributed by atoms with Gasteiger partial charge in [-0.3, -0.25) is 0 Å². The van der Waals surface area contributed by atoms with Crippen molar-refractivity contribution in [2.24, 2.45) is 0 Å². The van der Waals surface area contributed by atoms with Crippen LogP contribution in [0.3, 0.4) is 0 Å². The lowest BCUT2D eigenvalue weighted by Crippen LogP contribution is -2.06. The van der Waals surface area contributed by atoms with Crippen LogP contribution in [-0.2, 0) is 26.6 Å². The molecule has 3 nitrogen and oxygen atoms in total. The van der Waals surface area contributed by atoms with E-state index in [0.29, 0.717) is 5.75 Å². The van der Waals surface area contributed by atoms with Gasteiger partial charge in [-0.1, -0.05) is 29.6 Å². The Kier molecular flexibility index (Phi) is 6.84. The molecule has 0 unspecified atom stereocenters. The van der Waals surface area contributed by atoms with E-state index in [1.54, 1.807) is 12.1 Å². The largest absolute Gasteiger partial charge is 0.508 e. The molecule has 0 atom stereocenters. The van der Waals surface area contributed by atoms with Crippen molar-refractivity contribution >= 4 is 28.9 Å². The molecule has 0 amide bonds. The highest BCUT2D eigenvalue weighted by Gasteiger charge is 2.23. The zero-order valence-corrected chi connectivity index (χ0v) is 14.2. The second-order valence-electron chi connectivity index (χ2n) is 4.66. The van der Waals surface area contributed by atoms with Crippen molar-refractivity contribution in [2.45, 2.75) is 45.7 Å². The molecule has 0 saturated carbocycles. The first-order chi connectivity index (χ1) is 8.82. The van der Waals surface area contributed by atoms with Crippen LogP contribution in [0, 0.1) is 0 Å². The first-order valence-corrected chi connectivity index (χ1v) is 10.4. The van der Waals surface area contributed by atoms with Crippen LogP contribution in [0.4, 0.5) is 0 Å². The van der Waals surface area contributed by atoms with Crippen molar-refractivity contribution in [3.63, 3.8) is 0 Å². The van der Waals surface area contributed by atoms with Gasteiger partial charge in [0.1, 0.15) is 5.75 Å². The topological polar surface area (TPSA) is 38.7 Å². The fraction of sp³-hybridized carbons (Fsp3) is 0.538. The van der Waals surface area contributed by atoms with E-state index in [4.69, 9.17) is 20.9 Å². The lowest BCUT2D eigenvalue weighted by molar-refractivity contribution is 0.186. The number of aromatic hydroxyl groups is 1. The molecule has 0 saturated heterocycles. The van der Waals surface area contributed by atoms with Gasteiger partial charge in [0.25, 0.3) is 0 Å². The first kappa shape index (κ1) is 17.0. The molecular weight excluding hydrogens is 299 g/mol. The van der Waals surface area contributed by atoms with Crippen molar-refractivity contribution in [3.8, 4) is 5.75 Å². The number of phenolic OH excluding ortho intramolecular Hbond substituents is 1. The summed E-state index contributed by atoms with van der Waals surface area (Å²) in [5, 5.41) is 9.75. The van der Waals surface area contributed by atoms with E-state index in [2.05, 4.69) is 0 Å². The van der Waals surface area contributed by atoms with Gasteiger partial charge < -0.3 is 14.2 Å². The minimum Gasteiger partial charge on any atom is -0.508 e. The van der Waals surface area contributed by atoms with E-state index >= 15 is 0 Å². The number of hydrogen-bond donors (Lipinski definition) is 1. The van der Waals surface area contributed by atoms with Gasteiger partial charge in [0, 0.05) is 11.3 Å². The van der Waals surface area contributed by atoms with Crippen LogP contribution >= 0.6 is 17.1 Å². The fourth-order valence-electron chi connectivity index (χ4n) is 1.38. The van der Waals surface area contributed by atoms with Gasteiger partial charge in [0.15, 0.2) is 0 Å². The Labute approximate surface area is 124 Å². The summed E-state index contributed by atoms with van der Waals surface area (Å²) >= 11 is 7.01. The summed E-state index contributed by atoms with van der Waals surface area (Å²) in [6.45, 7) is 7.80. The standard InChI is InChI=1S/C13H21O3PS2/c1-10(2)15-17(18,16-11(3)4)19-9-12-7-5-6-8-13(12)14/h5-8,10-11,14H,9H2,1-4H3. The predicted octanol–water partition coefficient (Wildman–Crippen LogP) is 4.70. The molecule has 1 N–H and O–H groups in total.